The highest BCUT2D eigenvalue weighted by atomic mass is 35.5. The Morgan fingerprint density at radius 1 is 1.08 bits per heavy atom. The van der Waals surface area contributed by atoms with Crippen LogP contribution < -0.4 is 5.32 Å². The lowest BCUT2D eigenvalue weighted by atomic mass is 10.0. The zero-order chi connectivity index (χ0) is 19.1. The van der Waals surface area contributed by atoms with E-state index >= 15 is 0 Å². The predicted octanol–water partition coefficient (Wildman–Crippen LogP) is 4.21. The second kappa shape index (κ2) is 6.73. The number of hydrogen-bond donors (Lipinski definition) is 1. The molecule has 2 aromatic rings. The predicted molar refractivity (Wildman–Crippen MR) is 91.3 cm³/mol. The molecule has 0 fully saturated rings. The quantitative estimate of drug-likeness (QED) is 0.833. The Kier molecular flexibility index (Phi) is 4.76. The number of hydrogen-bond acceptors (Lipinski definition) is 6. The molecule has 1 aromatic carbocycles. The summed E-state index contributed by atoms with van der Waals surface area (Å²) >= 11 is 6.59. The van der Waals surface area contributed by atoms with Crippen LogP contribution in [0.25, 0.3) is 0 Å². The maximum Gasteiger partial charge on any atom is 0.418 e. The van der Waals surface area contributed by atoms with E-state index in [0.29, 0.717) is 0 Å². The van der Waals surface area contributed by atoms with E-state index in [1.165, 1.54) is 24.7 Å². The maximum atomic E-state index is 13.3. The Hall–Kier alpha value is -2.39. The van der Waals surface area contributed by atoms with Crippen LogP contribution in [-0.2, 0) is 6.18 Å². The molecule has 1 aliphatic rings. The summed E-state index contributed by atoms with van der Waals surface area (Å²) in [5.74, 6) is -1.29. The lowest BCUT2D eigenvalue weighted by molar-refractivity contribution is -0.136. The molecule has 1 aromatic heterocycles. The molecule has 1 aliphatic carbocycles. The van der Waals surface area contributed by atoms with Crippen molar-refractivity contribution in [2.45, 2.75) is 6.18 Å². The van der Waals surface area contributed by atoms with Gasteiger partial charge in [-0.2, -0.15) is 13.2 Å². The highest BCUT2D eigenvalue weighted by Crippen LogP contribution is 2.38. The maximum absolute atomic E-state index is 13.3. The molecule has 26 heavy (non-hydrogen) atoms. The molecule has 1 heterocycles. The fourth-order valence-electron chi connectivity index (χ4n) is 2.42. The van der Waals surface area contributed by atoms with Crippen LogP contribution >= 0.6 is 23.4 Å². The van der Waals surface area contributed by atoms with E-state index in [1.807, 2.05) is 0 Å². The molecule has 0 amide bonds. The second-order valence-electron chi connectivity index (χ2n) is 5.13. The number of nitrogens with zero attached hydrogens (tertiary/aromatic N) is 2. The molecule has 0 bridgehead atoms. The first kappa shape index (κ1) is 18.4. The minimum Gasteiger partial charge on any atom is -0.351 e. The first-order valence-corrected chi connectivity index (χ1v) is 8.66. The molecule has 0 radical (unpaired) electrons. The molecule has 0 aliphatic heterocycles. The van der Waals surface area contributed by atoms with E-state index in [2.05, 4.69) is 15.3 Å². The summed E-state index contributed by atoms with van der Waals surface area (Å²) in [4.78, 5) is 32.8. The number of carbonyl (C=O) groups excluding carboxylic acids is 2. The van der Waals surface area contributed by atoms with Gasteiger partial charge in [0, 0.05) is 17.4 Å². The summed E-state index contributed by atoms with van der Waals surface area (Å²) in [6, 6.07) is 3.09. The Labute approximate surface area is 154 Å². The minimum atomic E-state index is -4.70. The zero-order valence-corrected chi connectivity index (χ0v) is 14.6. The lowest BCUT2D eigenvalue weighted by Crippen LogP contribution is -2.27. The molecule has 0 atom stereocenters. The molecule has 0 spiro atoms. The smallest absolute Gasteiger partial charge is 0.351 e. The van der Waals surface area contributed by atoms with E-state index in [1.54, 1.807) is 0 Å². The van der Waals surface area contributed by atoms with Gasteiger partial charge in [-0.3, -0.25) is 9.59 Å². The monoisotopic (exact) mass is 399 g/mol. The van der Waals surface area contributed by atoms with Crippen LogP contribution in [0.2, 0.25) is 5.02 Å². The Balaban J connectivity index is 2.13. The SMILES string of the molecule is CSC1=C(Nc2ccc(Cl)cc2C(F)(F)F)C(=O)c2nccnc2C1=O. The highest BCUT2D eigenvalue weighted by molar-refractivity contribution is 8.03. The largest absolute Gasteiger partial charge is 0.418 e. The van der Waals surface area contributed by atoms with Crippen LogP contribution in [0, 0.1) is 0 Å². The van der Waals surface area contributed by atoms with E-state index in [9.17, 15) is 22.8 Å². The first-order valence-electron chi connectivity index (χ1n) is 7.06. The van der Waals surface area contributed by atoms with Crippen LogP contribution in [0.1, 0.15) is 26.5 Å². The summed E-state index contributed by atoms with van der Waals surface area (Å²) in [5, 5.41) is 2.34. The van der Waals surface area contributed by atoms with Crippen molar-refractivity contribution in [2.24, 2.45) is 0 Å². The minimum absolute atomic E-state index is 0.0360. The summed E-state index contributed by atoms with van der Waals surface area (Å²) in [7, 11) is 0. The van der Waals surface area contributed by atoms with Crippen molar-refractivity contribution in [3.8, 4) is 0 Å². The molecule has 1 N–H and O–H groups in total. The zero-order valence-electron chi connectivity index (χ0n) is 13.0. The third-order valence-electron chi connectivity index (χ3n) is 3.54. The van der Waals surface area contributed by atoms with Gasteiger partial charge in [-0.25, -0.2) is 9.97 Å². The summed E-state index contributed by atoms with van der Waals surface area (Å²) in [6.07, 6.45) is -0.667. The topological polar surface area (TPSA) is 72.0 Å². The Morgan fingerprint density at radius 2 is 1.69 bits per heavy atom. The number of ketones is 2. The van der Waals surface area contributed by atoms with E-state index in [-0.39, 0.29) is 27.0 Å². The average Bonchev–Trinajstić information content (AvgIpc) is 2.60. The molecule has 5 nitrogen and oxygen atoms in total. The standard InChI is InChI=1S/C16H9ClF3N3O2S/c1-26-15-12(13(24)10-11(14(15)25)22-5-4-21-10)23-9-3-2-7(17)6-8(9)16(18,19)20/h2-6,23H,1H3. The van der Waals surface area contributed by atoms with Crippen LogP contribution in [-0.4, -0.2) is 27.8 Å². The van der Waals surface area contributed by atoms with Gasteiger partial charge in [0.1, 0.15) is 17.1 Å². The third-order valence-corrected chi connectivity index (χ3v) is 4.57. The van der Waals surface area contributed by atoms with Crippen molar-refractivity contribution in [1.82, 2.24) is 9.97 Å². The van der Waals surface area contributed by atoms with E-state index in [0.717, 1.165) is 23.9 Å². The van der Waals surface area contributed by atoms with Crippen LogP contribution in [0.3, 0.4) is 0 Å². The number of benzene rings is 1. The molecular formula is C16H9ClF3N3O2S. The molecular weight excluding hydrogens is 391 g/mol. The van der Waals surface area contributed by atoms with Gasteiger partial charge in [-0.1, -0.05) is 11.6 Å². The lowest BCUT2D eigenvalue weighted by Gasteiger charge is -2.21. The summed E-state index contributed by atoms with van der Waals surface area (Å²) in [5.41, 5.74) is -2.05. The molecule has 0 unspecified atom stereocenters. The molecule has 10 heteroatoms. The van der Waals surface area contributed by atoms with Crippen molar-refractivity contribution in [3.63, 3.8) is 0 Å². The Bertz CT molecular complexity index is 960. The number of allylic oxidation sites excluding steroid dienone is 2. The number of fused-ring (bicyclic) bond motifs is 1. The van der Waals surface area contributed by atoms with Gasteiger partial charge in [0.05, 0.1) is 16.2 Å². The van der Waals surface area contributed by atoms with Gasteiger partial charge >= 0.3 is 6.18 Å². The van der Waals surface area contributed by atoms with Crippen LogP contribution in [0.15, 0.2) is 41.2 Å². The molecule has 0 saturated carbocycles. The number of Topliss-reactive ketones (excluding diaryl/α,β-unsaturated/α-hetero) is 2. The number of thioether (sulfide) groups is 1. The molecule has 134 valence electrons. The number of aromatic nitrogens is 2. The van der Waals surface area contributed by atoms with Crippen LogP contribution in [0.5, 0.6) is 0 Å². The van der Waals surface area contributed by atoms with Gasteiger partial charge in [-0.05, 0) is 24.5 Å². The van der Waals surface area contributed by atoms with Crippen molar-refractivity contribution < 1.29 is 22.8 Å². The number of anilines is 1. The fourth-order valence-corrected chi connectivity index (χ4v) is 3.22. The van der Waals surface area contributed by atoms with Gasteiger partial charge in [0.15, 0.2) is 0 Å². The van der Waals surface area contributed by atoms with Crippen molar-refractivity contribution >= 4 is 40.6 Å². The third kappa shape index (κ3) is 3.19. The average molecular weight is 400 g/mol. The second-order valence-corrected chi connectivity index (χ2v) is 6.39. The van der Waals surface area contributed by atoms with Gasteiger partial charge < -0.3 is 5.32 Å². The first-order chi connectivity index (χ1) is 12.2. The number of halogens is 4. The molecule has 0 saturated heterocycles. The number of alkyl halides is 3. The van der Waals surface area contributed by atoms with Gasteiger partial charge in [0.2, 0.25) is 11.6 Å². The highest BCUT2D eigenvalue weighted by Gasteiger charge is 2.37. The summed E-state index contributed by atoms with van der Waals surface area (Å²) < 4.78 is 39.8. The van der Waals surface area contributed by atoms with E-state index < -0.39 is 29.0 Å². The van der Waals surface area contributed by atoms with Crippen molar-refractivity contribution in [1.29, 1.82) is 0 Å². The van der Waals surface area contributed by atoms with Gasteiger partial charge in [0.25, 0.3) is 0 Å². The number of nitrogens with one attached hydrogen (secondary N) is 1. The van der Waals surface area contributed by atoms with Crippen molar-refractivity contribution in [2.75, 3.05) is 11.6 Å². The van der Waals surface area contributed by atoms with Gasteiger partial charge in [-0.15, -0.1) is 11.8 Å². The normalized spacial score (nSPS) is 14.5. The van der Waals surface area contributed by atoms with Crippen LogP contribution in [0.4, 0.5) is 18.9 Å². The van der Waals surface area contributed by atoms with E-state index in [4.69, 9.17) is 11.6 Å². The Morgan fingerprint density at radius 3 is 2.27 bits per heavy atom. The number of rotatable bonds is 3. The number of carbonyl (C=O) groups is 2. The van der Waals surface area contributed by atoms with Crippen molar-refractivity contribution in [3.05, 3.63) is 63.2 Å². The summed E-state index contributed by atoms with van der Waals surface area (Å²) in [6.45, 7) is 0. The molecule has 3 rings (SSSR count). The fraction of sp³-hybridized carbons (Fsp3) is 0.125.